The number of carbonyl (C=O) groups excluding carboxylic acids is 1. The van der Waals surface area contributed by atoms with Crippen molar-refractivity contribution < 1.29 is 9.53 Å². The van der Waals surface area contributed by atoms with Crippen molar-refractivity contribution in [3.63, 3.8) is 0 Å². The Morgan fingerprint density at radius 2 is 2.09 bits per heavy atom. The maximum absolute atomic E-state index is 10.6. The molecule has 0 spiro atoms. The molecule has 1 saturated heterocycles. The highest BCUT2D eigenvalue weighted by Gasteiger charge is 2.20. The van der Waals surface area contributed by atoms with E-state index in [4.69, 9.17) is 27.1 Å². The molecule has 1 aromatic carbocycles. The first-order valence-electron chi connectivity index (χ1n) is 7.85. The topological polar surface area (TPSA) is 68.5 Å². The van der Waals surface area contributed by atoms with Gasteiger partial charge < -0.3 is 15.4 Å². The second-order valence-corrected chi connectivity index (χ2v) is 6.33. The van der Waals surface area contributed by atoms with E-state index < -0.39 is 6.09 Å². The van der Waals surface area contributed by atoms with E-state index in [1.165, 1.54) is 0 Å². The number of ether oxygens (including phenoxy) is 1. The SMILES string of the molecule is NC(=O)OCCC1CCN(c2ccc3cc(Cl)ccc3n2)CC1. The third kappa shape index (κ3) is 4.05. The smallest absolute Gasteiger partial charge is 0.404 e. The predicted molar refractivity (Wildman–Crippen MR) is 91.8 cm³/mol. The fraction of sp³-hybridized carbons (Fsp3) is 0.412. The molecule has 2 aromatic rings. The summed E-state index contributed by atoms with van der Waals surface area (Å²) in [6.07, 6.45) is 2.33. The van der Waals surface area contributed by atoms with Crippen LogP contribution in [0.15, 0.2) is 30.3 Å². The van der Waals surface area contributed by atoms with Gasteiger partial charge in [-0.2, -0.15) is 0 Å². The maximum Gasteiger partial charge on any atom is 0.404 e. The van der Waals surface area contributed by atoms with E-state index in [0.29, 0.717) is 12.5 Å². The Kier molecular flexibility index (Phi) is 4.86. The minimum absolute atomic E-state index is 0.412. The lowest BCUT2D eigenvalue weighted by Crippen LogP contribution is -2.34. The van der Waals surface area contributed by atoms with Gasteiger partial charge in [-0.3, -0.25) is 0 Å². The van der Waals surface area contributed by atoms with Crippen LogP contribution >= 0.6 is 11.6 Å². The number of amides is 1. The molecule has 5 nitrogen and oxygen atoms in total. The number of nitrogens with two attached hydrogens (primary N) is 1. The zero-order chi connectivity index (χ0) is 16.2. The Morgan fingerprint density at radius 3 is 2.83 bits per heavy atom. The monoisotopic (exact) mass is 333 g/mol. The van der Waals surface area contributed by atoms with Crippen LogP contribution in [0.25, 0.3) is 10.9 Å². The van der Waals surface area contributed by atoms with Crippen LogP contribution in [0.2, 0.25) is 5.02 Å². The molecule has 0 aliphatic carbocycles. The van der Waals surface area contributed by atoms with Crippen molar-refractivity contribution in [2.45, 2.75) is 19.3 Å². The summed E-state index contributed by atoms with van der Waals surface area (Å²) in [5, 5.41) is 1.78. The molecule has 6 heteroatoms. The summed E-state index contributed by atoms with van der Waals surface area (Å²) in [4.78, 5) is 17.6. The van der Waals surface area contributed by atoms with Crippen molar-refractivity contribution in [3.8, 4) is 0 Å². The Balaban J connectivity index is 1.59. The molecule has 1 amide bonds. The molecule has 1 fully saturated rings. The summed E-state index contributed by atoms with van der Waals surface area (Å²) in [5.74, 6) is 1.58. The average molecular weight is 334 g/mol. The van der Waals surface area contributed by atoms with Crippen LogP contribution in [-0.4, -0.2) is 30.8 Å². The normalized spacial score (nSPS) is 15.8. The zero-order valence-electron chi connectivity index (χ0n) is 12.9. The fourth-order valence-electron chi connectivity index (χ4n) is 3.04. The Labute approximate surface area is 140 Å². The predicted octanol–water partition coefficient (Wildman–Crippen LogP) is 3.59. The molecular formula is C17H20ClN3O2. The molecule has 0 saturated carbocycles. The van der Waals surface area contributed by atoms with Crippen LogP contribution in [0, 0.1) is 5.92 Å². The summed E-state index contributed by atoms with van der Waals surface area (Å²) in [5.41, 5.74) is 5.94. The quantitative estimate of drug-likeness (QED) is 0.928. The lowest BCUT2D eigenvalue weighted by atomic mass is 9.94. The second kappa shape index (κ2) is 7.04. The van der Waals surface area contributed by atoms with Gasteiger partial charge in [-0.1, -0.05) is 11.6 Å². The summed E-state index contributed by atoms with van der Waals surface area (Å²) < 4.78 is 4.82. The molecule has 1 aromatic heterocycles. The van der Waals surface area contributed by atoms with E-state index in [-0.39, 0.29) is 0 Å². The molecule has 0 atom stereocenters. The molecule has 122 valence electrons. The molecule has 1 aliphatic rings. The van der Waals surface area contributed by atoms with Crippen LogP contribution in [0.4, 0.5) is 10.6 Å². The number of hydrogen-bond acceptors (Lipinski definition) is 4. The Morgan fingerprint density at radius 1 is 1.30 bits per heavy atom. The summed E-state index contributed by atoms with van der Waals surface area (Å²) in [6, 6.07) is 9.87. The number of aromatic nitrogens is 1. The van der Waals surface area contributed by atoms with E-state index in [9.17, 15) is 4.79 Å². The van der Waals surface area contributed by atoms with Gasteiger partial charge in [0.15, 0.2) is 0 Å². The highest BCUT2D eigenvalue weighted by Crippen LogP contribution is 2.26. The number of benzene rings is 1. The minimum Gasteiger partial charge on any atom is -0.450 e. The van der Waals surface area contributed by atoms with Gasteiger partial charge in [-0.05, 0) is 55.5 Å². The van der Waals surface area contributed by atoms with Gasteiger partial charge in [0.1, 0.15) is 5.82 Å². The molecule has 1 aliphatic heterocycles. The summed E-state index contributed by atoms with van der Waals surface area (Å²) >= 11 is 6.01. The molecule has 0 unspecified atom stereocenters. The van der Waals surface area contributed by atoms with Crippen molar-refractivity contribution in [1.29, 1.82) is 0 Å². The third-order valence-electron chi connectivity index (χ3n) is 4.35. The van der Waals surface area contributed by atoms with Crippen LogP contribution < -0.4 is 10.6 Å². The van der Waals surface area contributed by atoms with Gasteiger partial charge in [0, 0.05) is 23.5 Å². The van der Waals surface area contributed by atoms with Gasteiger partial charge in [0.05, 0.1) is 12.1 Å². The van der Waals surface area contributed by atoms with Crippen molar-refractivity contribution in [2.24, 2.45) is 11.7 Å². The van der Waals surface area contributed by atoms with E-state index in [2.05, 4.69) is 17.0 Å². The van der Waals surface area contributed by atoms with Crippen molar-refractivity contribution in [2.75, 3.05) is 24.6 Å². The van der Waals surface area contributed by atoms with E-state index in [0.717, 1.165) is 54.1 Å². The van der Waals surface area contributed by atoms with E-state index >= 15 is 0 Å². The summed E-state index contributed by atoms with van der Waals surface area (Å²) in [7, 11) is 0. The van der Waals surface area contributed by atoms with Crippen molar-refractivity contribution in [1.82, 2.24) is 4.98 Å². The number of piperidine rings is 1. The molecule has 0 radical (unpaired) electrons. The highest BCUT2D eigenvalue weighted by molar-refractivity contribution is 6.31. The standard InChI is InChI=1S/C17H20ClN3O2/c18-14-2-3-15-13(11-14)1-4-16(20-15)21-8-5-12(6-9-21)7-10-23-17(19)22/h1-4,11-12H,5-10H2,(H2,19,22). The van der Waals surface area contributed by atoms with Gasteiger partial charge in [0.2, 0.25) is 0 Å². The van der Waals surface area contributed by atoms with Crippen molar-refractivity contribution in [3.05, 3.63) is 35.4 Å². The number of pyridine rings is 1. The number of fused-ring (bicyclic) bond motifs is 1. The van der Waals surface area contributed by atoms with Gasteiger partial charge in [0.25, 0.3) is 0 Å². The fourth-order valence-corrected chi connectivity index (χ4v) is 3.22. The van der Waals surface area contributed by atoms with E-state index in [1.807, 2.05) is 18.2 Å². The third-order valence-corrected chi connectivity index (χ3v) is 4.58. The number of nitrogens with zero attached hydrogens (tertiary/aromatic N) is 2. The van der Waals surface area contributed by atoms with Crippen LogP contribution in [-0.2, 0) is 4.74 Å². The number of halogens is 1. The van der Waals surface area contributed by atoms with Gasteiger partial charge >= 0.3 is 6.09 Å². The minimum atomic E-state index is -0.692. The first-order chi connectivity index (χ1) is 11.1. The molecular weight excluding hydrogens is 314 g/mol. The molecule has 0 bridgehead atoms. The lowest BCUT2D eigenvalue weighted by molar-refractivity contribution is 0.146. The lowest BCUT2D eigenvalue weighted by Gasteiger charge is -2.32. The highest BCUT2D eigenvalue weighted by atomic mass is 35.5. The number of hydrogen-bond donors (Lipinski definition) is 1. The van der Waals surface area contributed by atoms with Crippen LogP contribution in [0.5, 0.6) is 0 Å². The first-order valence-corrected chi connectivity index (χ1v) is 8.23. The first kappa shape index (κ1) is 15.9. The average Bonchev–Trinajstić information content (AvgIpc) is 2.55. The van der Waals surface area contributed by atoms with Crippen LogP contribution in [0.1, 0.15) is 19.3 Å². The van der Waals surface area contributed by atoms with E-state index in [1.54, 1.807) is 0 Å². The molecule has 23 heavy (non-hydrogen) atoms. The maximum atomic E-state index is 10.6. The van der Waals surface area contributed by atoms with Crippen LogP contribution in [0.3, 0.4) is 0 Å². The largest absolute Gasteiger partial charge is 0.450 e. The number of primary amides is 1. The van der Waals surface area contributed by atoms with Gasteiger partial charge in [-0.15, -0.1) is 0 Å². The molecule has 2 N–H and O–H groups in total. The zero-order valence-corrected chi connectivity index (χ0v) is 13.6. The Bertz CT molecular complexity index is 699. The number of anilines is 1. The number of carbonyl (C=O) groups is 1. The Hall–Kier alpha value is -2.01. The number of rotatable bonds is 4. The van der Waals surface area contributed by atoms with Crippen molar-refractivity contribution >= 4 is 34.4 Å². The summed E-state index contributed by atoms with van der Waals surface area (Å²) in [6.45, 7) is 2.34. The second-order valence-electron chi connectivity index (χ2n) is 5.89. The van der Waals surface area contributed by atoms with Gasteiger partial charge in [-0.25, -0.2) is 9.78 Å². The molecule has 3 rings (SSSR count). The molecule has 2 heterocycles.